The highest BCUT2D eigenvalue weighted by molar-refractivity contribution is 6.25. The van der Waals surface area contributed by atoms with Crippen LogP contribution in [0.4, 0.5) is 0 Å². The second-order valence-electron chi connectivity index (χ2n) is 4.34. The van der Waals surface area contributed by atoms with Crippen molar-refractivity contribution in [3.63, 3.8) is 0 Å². The highest BCUT2D eigenvalue weighted by Crippen LogP contribution is 2.38. The molecule has 0 aromatic rings. The monoisotopic (exact) mass is 213 g/mol. The predicted molar refractivity (Wildman–Crippen MR) is 60.2 cm³/mol. The second kappa shape index (κ2) is 5.51. The molecule has 0 aliphatic heterocycles. The molecular weight excluding hydrogens is 193 g/mol. The molecule has 0 aromatic heterocycles. The molecule has 2 atom stereocenters. The normalized spacial score (nSPS) is 30.4. The fraction of sp³-hybridized carbons (Fsp3) is 0.900. The molecule has 1 aliphatic rings. The molecule has 0 bridgehead atoms. The molecule has 1 fully saturated rings. The molecule has 0 aromatic carbocycles. The number of likely N-dealkylation sites (N-methyl/N-ethyl adjacent to an activating group) is 1. The van der Waals surface area contributed by atoms with Crippen molar-refractivity contribution in [1.82, 2.24) is 5.32 Å². The Morgan fingerprint density at radius 2 is 2.40 bits per heavy atom. The van der Waals surface area contributed by atoms with Gasteiger partial charge in [-0.3, -0.25) is 4.79 Å². The van der Waals surface area contributed by atoms with Crippen molar-refractivity contribution in [3.05, 3.63) is 0 Å². The number of carboxylic acid groups (broad SMARTS) is 1. The van der Waals surface area contributed by atoms with Gasteiger partial charge in [0.05, 0.1) is 0 Å². The molecule has 1 saturated carbocycles. The standard InChI is InChI=1S/C10H20BNO3/c1-12-10(9(13)14)6-2-4-8(10)5-3-7-11-15/h8,11-12,15H,2-7H2,1H3,(H,13,14)/t8-,10+/m1/s1. The highest BCUT2D eigenvalue weighted by Gasteiger charge is 2.47. The van der Waals surface area contributed by atoms with Gasteiger partial charge in [-0.15, -0.1) is 0 Å². The maximum atomic E-state index is 11.3. The second-order valence-corrected chi connectivity index (χ2v) is 4.34. The molecule has 0 saturated heterocycles. The lowest BCUT2D eigenvalue weighted by Gasteiger charge is -2.31. The van der Waals surface area contributed by atoms with Crippen molar-refractivity contribution in [2.45, 2.75) is 44.0 Å². The summed E-state index contributed by atoms with van der Waals surface area (Å²) in [6.45, 7) is 0. The van der Waals surface area contributed by atoms with Crippen LogP contribution in [0.25, 0.3) is 0 Å². The molecular formula is C10H20BNO3. The van der Waals surface area contributed by atoms with Crippen LogP contribution in [0.2, 0.25) is 6.32 Å². The first kappa shape index (κ1) is 12.5. The molecule has 0 spiro atoms. The minimum Gasteiger partial charge on any atom is -0.480 e. The van der Waals surface area contributed by atoms with Crippen molar-refractivity contribution < 1.29 is 14.9 Å². The summed E-state index contributed by atoms with van der Waals surface area (Å²) in [5.74, 6) is -0.511. The Bertz CT molecular complexity index is 225. The maximum absolute atomic E-state index is 11.3. The molecule has 1 rings (SSSR count). The molecule has 1 aliphatic carbocycles. The van der Waals surface area contributed by atoms with Crippen LogP contribution < -0.4 is 5.32 Å². The fourth-order valence-electron chi connectivity index (χ4n) is 2.69. The number of rotatable bonds is 6. The zero-order chi connectivity index (χ0) is 11.3. The van der Waals surface area contributed by atoms with Crippen molar-refractivity contribution in [2.75, 3.05) is 7.05 Å². The van der Waals surface area contributed by atoms with E-state index in [1.807, 2.05) is 0 Å². The predicted octanol–water partition coefficient (Wildman–Crippen LogP) is 0.372. The van der Waals surface area contributed by atoms with Gasteiger partial charge in [0.15, 0.2) is 0 Å². The minimum atomic E-state index is -0.725. The number of hydrogen-bond acceptors (Lipinski definition) is 3. The molecule has 86 valence electrons. The Labute approximate surface area is 91.3 Å². The molecule has 0 heterocycles. The smallest absolute Gasteiger partial charge is 0.324 e. The first-order chi connectivity index (χ1) is 7.17. The van der Waals surface area contributed by atoms with Gasteiger partial charge in [-0.2, -0.15) is 0 Å². The Hall–Kier alpha value is -0.545. The van der Waals surface area contributed by atoms with E-state index < -0.39 is 11.5 Å². The summed E-state index contributed by atoms with van der Waals surface area (Å²) < 4.78 is 0. The summed E-state index contributed by atoms with van der Waals surface area (Å²) in [4.78, 5) is 11.3. The van der Waals surface area contributed by atoms with Crippen LogP contribution in [0.1, 0.15) is 32.1 Å². The van der Waals surface area contributed by atoms with Crippen LogP contribution in [-0.4, -0.2) is 36.2 Å². The van der Waals surface area contributed by atoms with Crippen molar-refractivity contribution in [3.8, 4) is 0 Å². The first-order valence-corrected chi connectivity index (χ1v) is 5.70. The Morgan fingerprint density at radius 1 is 1.67 bits per heavy atom. The minimum absolute atomic E-state index is 0.201. The van der Waals surface area contributed by atoms with E-state index in [1.165, 1.54) is 0 Å². The van der Waals surface area contributed by atoms with E-state index in [0.717, 1.165) is 38.4 Å². The van der Waals surface area contributed by atoms with E-state index in [9.17, 15) is 9.90 Å². The zero-order valence-corrected chi connectivity index (χ0v) is 9.33. The summed E-state index contributed by atoms with van der Waals surface area (Å²) >= 11 is 0. The molecule has 0 unspecified atom stereocenters. The van der Waals surface area contributed by atoms with Crippen LogP contribution in [0.15, 0.2) is 0 Å². The average molecular weight is 213 g/mol. The van der Waals surface area contributed by atoms with Crippen LogP contribution >= 0.6 is 0 Å². The average Bonchev–Trinajstić information content (AvgIpc) is 2.62. The molecule has 3 N–H and O–H groups in total. The number of carbonyl (C=O) groups is 1. The molecule has 4 nitrogen and oxygen atoms in total. The Morgan fingerprint density at radius 3 is 2.93 bits per heavy atom. The highest BCUT2D eigenvalue weighted by atomic mass is 16.4. The van der Waals surface area contributed by atoms with E-state index in [2.05, 4.69) is 5.32 Å². The molecule has 15 heavy (non-hydrogen) atoms. The number of aliphatic carboxylic acids is 1. The van der Waals surface area contributed by atoms with Gasteiger partial charge in [0.2, 0.25) is 0 Å². The number of hydrogen-bond donors (Lipinski definition) is 3. The SMILES string of the molecule is CN[C@@]1(C(=O)O)CCC[C@@H]1CCCBO. The largest absolute Gasteiger partial charge is 0.480 e. The Balaban J connectivity index is 2.57. The zero-order valence-electron chi connectivity index (χ0n) is 9.33. The molecule has 0 amide bonds. The topological polar surface area (TPSA) is 69.6 Å². The summed E-state index contributed by atoms with van der Waals surface area (Å²) in [7, 11) is 1.94. The third kappa shape index (κ3) is 2.52. The molecule has 5 heteroatoms. The van der Waals surface area contributed by atoms with E-state index in [-0.39, 0.29) is 13.4 Å². The van der Waals surface area contributed by atoms with E-state index in [0.29, 0.717) is 0 Å². The van der Waals surface area contributed by atoms with E-state index in [1.54, 1.807) is 7.05 Å². The lowest BCUT2D eigenvalue weighted by atomic mass is 9.81. The number of carboxylic acids is 1. The Kier molecular flexibility index (Phi) is 4.60. The van der Waals surface area contributed by atoms with E-state index >= 15 is 0 Å². The third-order valence-corrected chi connectivity index (χ3v) is 3.61. The van der Waals surface area contributed by atoms with Gasteiger partial charge >= 0.3 is 5.97 Å². The fourth-order valence-corrected chi connectivity index (χ4v) is 2.69. The third-order valence-electron chi connectivity index (χ3n) is 3.61. The first-order valence-electron chi connectivity index (χ1n) is 5.70. The van der Waals surface area contributed by atoms with Gasteiger partial charge in [0.25, 0.3) is 7.48 Å². The van der Waals surface area contributed by atoms with Gasteiger partial charge < -0.3 is 15.4 Å². The lowest BCUT2D eigenvalue weighted by molar-refractivity contribution is -0.146. The summed E-state index contributed by atoms with van der Waals surface area (Å²) in [5, 5.41) is 21.0. The molecule has 0 radical (unpaired) electrons. The van der Waals surface area contributed by atoms with Crippen LogP contribution in [-0.2, 0) is 4.79 Å². The van der Waals surface area contributed by atoms with Gasteiger partial charge in [-0.1, -0.05) is 19.2 Å². The van der Waals surface area contributed by atoms with Gasteiger partial charge in [0, 0.05) is 0 Å². The van der Waals surface area contributed by atoms with Crippen molar-refractivity contribution >= 4 is 13.5 Å². The van der Waals surface area contributed by atoms with Gasteiger partial charge in [-0.25, -0.2) is 0 Å². The van der Waals surface area contributed by atoms with Crippen LogP contribution in [0.5, 0.6) is 0 Å². The van der Waals surface area contributed by atoms with Crippen molar-refractivity contribution in [2.24, 2.45) is 5.92 Å². The van der Waals surface area contributed by atoms with Crippen molar-refractivity contribution in [1.29, 1.82) is 0 Å². The number of nitrogens with one attached hydrogen (secondary N) is 1. The quantitative estimate of drug-likeness (QED) is 0.440. The van der Waals surface area contributed by atoms with Gasteiger partial charge in [0.1, 0.15) is 5.54 Å². The summed E-state index contributed by atoms with van der Waals surface area (Å²) in [6, 6.07) is 0. The lowest BCUT2D eigenvalue weighted by Crippen LogP contribution is -2.53. The van der Waals surface area contributed by atoms with Gasteiger partial charge in [-0.05, 0) is 32.2 Å². The van der Waals surface area contributed by atoms with Crippen LogP contribution in [0.3, 0.4) is 0 Å². The van der Waals surface area contributed by atoms with E-state index in [4.69, 9.17) is 5.02 Å². The summed E-state index contributed by atoms with van der Waals surface area (Å²) in [6.07, 6.45) is 5.28. The summed E-state index contributed by atoms with van der Waals surface area (Å²) in [5.41, 5.74) is -0.713. The van der Waals surface area contributed by atoms with Crippen LogP contribution in [0, 0.1) is 5.92 Å². The maximum Gasteiger partial charge on any atom is 0.324 e.